The first kappa shape index (κ1) is 21.6. The summed E-state index contributed by atoms with van der Waals surface area (Å²) in [5.74, 6) is 0.530. The number of carbonyl (C=O) groups excluding carboxylic acids is 1. The average Bonchev–Trinajstić information content (AvgIpc) is 3.30. The Hall–Kier alpha value is -3.97. The van der Waals surface area contributed by atoms with Crippen molar-refractivity contribution in [2.45, 2.75) is 25.8 Å². The van der Waals surface area contributed by atoms with Crippen LogP contribution in [0.2, 0.25) is 0 Å². The predicted octanol–water partition coefficient (Wildman–Crippen LogP) is 5.24. The summed E-state index contributed by atoms with van der Waals surface area (Å²) in [7, 11) is 0. The number of nitrogens with zero attached hydrogens (tertiary/aromatic N) is 3. The lowest BCUT2D eigenvalue weighted by Crippen LogP contribution is -2.25. The SMILES string of the molecule is O=C1COc2ccc(-c3csc(=NCc4ccccc4)n3N=C3CCCc4ccccc43)cc2N1. The van der Waals surface area contributed by atoms with Gasteiger partial charge in [-0.25, -0.2) is 4.68 Å². The van der Waals surface area contributed by atoms with Crippen LogP contribution >= 0.6 is 11.3 Å². The Morgan fingerprint density at radius 2 is 1.86 bits per heavy atom. The Morgan fingerprint density at radius 1 is 1.00 bits per heavy atom. The van der Waals surface area contributed by atoms with E-state index >= 15 is 0 Å². The number of carbonyl (C=O) groups is 1. The number of hydrogen-bond donors (Lipinski definition) is 1. The molecule has 174 valence electrons. The molecule has 0 fully saturated rings. The summed E-state index contributed by atoms with van der Waals surface area (Å²) in [6, 6.07) is 24.6. The molecular weight excluding hydrogens is 456 g/mol. The Kier molecular flexibility index (Phi) is 5.76. The van der Waals surface area contributed by atoms with Crippen molar-refractivity contribution < 1.29 is 9.53 Å². The van der Waals surface area contributed by atoms with Gasteiger partial charge in [0.2, 0.25) is 4.80 Å². The highest BCUT2D eigenvalue weighted by Gasteiger charge is 2.19. The second kappa shape index (κ2) is 9.35. The number of nitrogens with one attached hydrogen (secondary N) is 1. The molecule has 1 N–H and O–H groups in total. The largest absolute Gasteiger partial charge is 0.482 e. The zero-order valence-corrected chi connectivity index (χ0v) is 19.9. The first-order valence-corrected chi connectivity index (χ1v) is 12.6. The zero-order valence-electron chi connectivity index (χ0n) is 19.1. The van der Waals surface area contributed by atoms with Gasteiger partial charge in [-0.05, 0) is 48.6 Å². The molecule has 7 heteroatoms. The fraction of sp³-hybridized carbons (Fsp3) is 0.179. The lowest BCUT2D eigenvalue weighted by Gasteiger charge is -2.19. The maximum atomic E-state index is 11.9. The van der Waals surface area contributed by atoms with Crippen LogP contribution < -0.4 is 14.9 Å². The van der Waals surface area contributed by atoms with Gasteiger partial charge in [0.1, 0.15) is 5.75 Å². The fourth-order valence-corrected chi connectivity index (χ4v) is 5.34. The van der Waals surface area contributed by atoms with Crippen LogP contribution in [0.4, 0.5) is 5.69 Å². The average molecular weight is 481 g/mol. The van der Waals surface area contributed by atoms with Gasteiger partial charge in [-0.3, -0.25) is 9.79 Å². The Morgan fingerprint density at radius 3 is 2.77 bits per heavy atom. The normalized spacial score (nSPS) is 16.4. The molecule has 2 aliphatic rings. The van der Waals surface area contributed by atoms with E-state index in [0.717, 1.165) is 46.6 Å². The summed E-state index contributed by atoms with van der Waals surface area (Å²) >= 11 is 1.57. The van der Waals surface area contributed by atoms with Crippen molar-refractivity contribution in [2.24, 2.45) is 10.1 Å². The van der Waals surface area contributed by atoms with Gasteiger partial charge in [-0.15, -0.1) is 11.3 Å². The number of rotatable bonds is 4. The Bertz CT molecular complexity index is 1500. The summed E-state index contributed by atoms with van der Waals surface area (Å²) in [5, 5.41) is 10.2. The van der Waals surface area contributed by atoms with Crippen LogP contribution in [0.5, 0.6) is 5.75 Å². The van der Waals surface area contributed by atoms with Crippen LogP contribution in [0.15, 0.2) is 88.3 Å². The third-order valence-electron chi connectivity index (χ3n) is 6.24. The lowest BCUT2D eigenvalue weighted by molar-refractivity contribution is -0.118. The van der Waals surface area contributed by atoms with Gasteiger partial charge >= 0.3 is 0 Å². The second-order valence-corrected chi connectivity index (χ2v) is 9.46. The van der Waals surface area contributed by atoms with Crippen molar-refractivity contribution in [3.05, 3.63) is 99.7 Å². The minimum absolute atomic E-state index is 0.0420. The number of ether oxygens (including phenoxy) is 1. The highest BCUT2D eigenvalue weighted by Crippen LogP contribution is 2.33. The van der Waals surface area contributed by atoms with Crippen molar-refractivity contribution in [1.82, 2.24) is 4.68 Å². The molecule has 1 amide bonds. The van der Waals surface area contributed by atoms with Gasteiger partial charge in [0.15, 0.2) is 6.61 Å². The molecule has 0 spiro atoms. The standard InChI is InChI=1S/C28H24N4O2S/c33-27-17-34-26-14-13-21(15-24(26)30-27)25-18-35-28(29-16-19-7-2-1-3-8-19)32(25)31-23-12-6-10-20-9-4-5-11-22(20)23/h1-5,7-9,11,13-15,18H,6,10,12,16-17H2,(H,30,33). The van der Waals surface area contributed by atoms with Gasteiger partial charge in [-0.2, -0.15) is 5.10 Å². The van der Waals surface area contributed by atoms with Crippen LogP contribution in [0.25, 0.3) is 11.3 Å². The quantitative estimate of drug-likeness (QED) is 0.434. The highest BCUT2D eigenvalue weighted by molar-refractivity contribution is 7.07. The molecule has 2 heterocycles. The first-order chi connectivity index (χ1) is 17.2. The van der Waals surface area contributed by atoms with Gasteiger partial charge in [0.05, 0.1) is 23.6 Å². The monoisotopic (exact) mass is 480 g/mol. The summed E-state index contributed by atoms with van der Waals surface area (Å²) in [5.41, 5.74) is 7.32. The Labute approximate surface area is 207 Å². The third-order valence-corrected chi connectivity index (χ3v) is 7.10. The zero-order chi connectivity index (χ0) is 23.6. The number of benzene rings is 3. The summed E-state index contributed by atoms with van der Waals surface area (Å²) in [6.45, 7) is 0.622. The van der Waals surface area contributed by atoms with E-state index in [0.29, 0.717) is 18.0 Å². The van der Waals surface area contributed by atoms with E-state index in [4.69, 9.17) is 14.8 Å². The maximum absolute atomic E-state index is 11.9. The minimum atomic E-state index is -0.148. The molecular formula is C28H24N4O2S. The summed E-state index contributed by atoms with van der Waals surface area (Å²) in [6.07, 6.45) is 3.08. The van der Waals surface area contributed by atoms with Gasteiger partial charge in [-0.1, -0.05) is 54.6 Å². The molecule has 6 nitrogen and oxygen atoms in total. The molecule has 35 heavy (non-hydrogen) atoms. The van der Waals surface area contributed by atoms with Gasteiger partial charge in [0, 0.05) is 16.5 Å². The van der Waals surface area contributed by atoms with Crippen LogP contribution in [0, 0.1) is 0 Å². The molecule has 0 radical (unpaired) electrons. The van der Waals surface area contributed by atoms with Crippen molar-refractivity contribution in [2.75, 3.05) is 11.9 Å². The number of aromatic nitrogens is 1. The molecule has 0 saturated carbocycles. The maximum Gasteiger partial charge on any atom is 0.262 e. The molecule has 4 aromatic rings. The van der Waals surface area contributed by atoms with Crippen molar-refractivity contribution in [3.63, 3.8) is 0 Å². The summed E-state index contributed by atoms with van der Waals surface area (Å²) in [4.78, 5) is 17.6. The lowest BCUT2D eigenvalue weighted by atomic mass is 9.90. The molecule has 1 aliphatic heterocycles. The van der Waals surface area contributed by atoms with Gasteiger partial charge in [0.25, 0.3) is 5.91 Å². The topological polar surface area (TPSA) is 68.0 Å². The molecule has 1 aromatic heterocycles. The number of amides is 1. The minimum Gasteiger partial charge on any atom is -0.482 e. The van der Waals surface area contributed by atoms with Crippen molar-refractivity contribution >= 4 is 28.6 Å². The second-order valence-electron chi connectivity index (χ2n) is 8.62. The predicted molar refractivity (Wildman–Crippen MR) is 139 cm³/mol. The molecule has 1 aliphatic carbocycles. The van der Waals surface area contributed by atoms with E-state index in [2.05, 4.69) is 47.1 Å². The van der Waals surface area contributed by atoms with E-state index in [9.17, 15) is 4.79 Å². The molecule has 3 aromatic carbocycles. The molecule has 0 saturated heterocycles. The third kappa shape index (κ3) is 4.42. The summed E-state index contributed by atoms with van der Waals surface area (Å²) < 4.78 is 7.50. The smallest absolute Gasteiger partial charge is 0.262 e. The van der Waals surface area contributed by atoms with E-state index in [1.54, 1.807) is 11.3 Å². The molecule has 6 rings (SSSR count). The van der Waals surface area contributed by atoms with Crippen molar-refractivity contribution in [3.8, 4) is 17.0 Å². The number of thiazole rings is 1. The first-order valence-electron chi connectivity index (χ1n) is 11.7. The van der Waals surface area contributed by atoms with Crippen molar-refractivity contribution in [1.29, 1.82) is 0 Å². The molecule has 0 atom stereocenters. The van der Waals surface area contributed by atoms with E-state index in [1.807, 2.05) is 41.1 Å². The van der Waals surface area contributed by atoms with Crippen LogP contribution in [-0.4, -0.2) is 22.9 Å². The van der Waals surface area contributed by atoms with E-state index in [-0.39, 0.29) is 12.5 Å². The van der Waals surface area contributed by atoms with Gasteiger partial charge < -0.3 is 10.1 Å². The van der Waals surface area contributed by atoms with Crippen LogP contribution in [0.1, 0.15) is 29.5 Å². The number of hydrogen-bond acceptors (Lipinski definition) is 5. The molecule has 0 unspecified atom stereocenters. The number of anilines is 1. The number of aryl methyl sites for hydroxylation is 1. The van der Waals surface area contributed by atoms with E-state index in [1.165, 1.54) is 11.1 Å². The Balaban J connectivity index is 1.48. The van der Waals surface area contributed by atoms with Crippen LogP contribution in [-0.2, 0) is 17.8 Å². The van der Waals surface area contributed by atoms with E-state index < -0.39 is 0 Å². The van der Waals surface area contributed by atoms with Crippen LogP contribution in [0.3, 0.4) is 0 Å². The fourth-order valence-electron chi connectivity index (χ4n) is 4.51. The number of fused-ring (bicyclic) bond motifs is 2. The highest BCUT2D eigenvalue weighted by atomic mass is 32.1. The molecule has 0 bridgehead atoms.